The highest BCUT2D eigenvalue weighted by molar-refractivity contribution is 8.13. The number of hydrogen-bond donors (Lipinski definition) is 1. The Kier molecular flexibility index (Phi) is 5.95. The van der Waals surface area contributed by atoms with Gasteiger partial charge in [0.2, 0.25) is 0 Å². The Labute approximate surface area is 171 Å². The van der Waals surface area contributed by atoms with E-state index in [9.17, 15) is 23.1 Å². The van der Waals surface area contributed by atoms with Gasteiger partial charge in [0.1, 0.15) is 12.4 Å². The molecule has 0 amide bonds. The smallest absolute Gasteiger partial charge is 0.335 e. The van der Waals surface area contributed by atoms with E-state index in [1.54, 1.807) is 36.4 Å². The van der Waals surface area contributed by atoms with E-state index in [1.807, 2.05) is 0 Å². The molecule has 1 heterocycles. The topological polar surface area (TPSA) is 111 Å². The predicted octanol–water partition coefficient (Wildman–Crippen LogP) is 3.52. The van der Waals surface area contributed by atoms with E-state index in [1.165, 1.54) is 18.3 Å². The van der Waals surface area contributed by atoms with Crippen molar-refractivity contribution in [1.82, 2.24) is 4.98 Å². The fraction of sp³-hybridized carbons (Fsp3) is 0.0500. The van der Waals surface area contributed by atoms with Crippen LogP contribution in [0.1, 0.15) is 32.0 Å². The van der Waals surface area contributed by atoms with E-state index >= 15 is 0 Å². The first-order valence-electron chi connectivity index (χ1n) is 8.26. The van der Waals surface area contributed by atoms with E-state index in [-0.39, 0.29) is 29.0 Å². The van der Waals surface area contributed by atoms with Crippen LogP contribution in [0.2, 0.25) is 0 Å². The molecule has 7 nitrogen and oxygen atoms in total. The molecule has 0 aliphatic heterocycles. The summed E-state index contributed by atoms with van der Waals surface area (Å²) in [4.78, 5) is 28.0. The predicted molar refractivity (Wildman–Crippen MR) is 105 cm³/mol. The van der Waals surface area contributed by atoms with Gasteiger partial charge in [0.25, 0.3) is 9.05 Å². The van der Waals surface area contributed by atoms with Crippen LogP contribution in [-0.4, -0.2) is 30.3 Å². The van der Waals surface area contributed by atoms with Gasteiger partial charge in [0.05, 0.1) is 21.7 Å². The first kappa shape index (κ1) is 20.5. The second-order valence-electron chi connectivity index (χ2n) is 5.90. The van der Waals surface area contributed by atoms with Crippen LogP contribution >= 0.6 is 10.7 Å². The third kappa shape index (κ3) is 4.79. The lowest BCUT2D eigenvalue weighted by Crippen LogP contribution is -2.13. The fourth-order valence-electron chi connectivity index (χ4n) is 2.61. The maximum Gasteiger partial charge on any atom is 0.335 e. The molecular formula is C20H14ClNO6S. The minimum Gasteiger partial charge on any atom is -0.486 e. The summed E-state index contributed by atoms with van der Waals surface area (Å²) < 4.78 is 29.9. The Balaban J connectivity index is 2.18. The number of ketones is 1. The summed E-state index contributed by atoms with van der Waals surface area (Å²) in [6, 6.07) is 15.0. The number of carboxylic acid groups (broad SMARTS) is 1. The van der Waals surface area contributed by atoms with Crippen LogP contribution in [0.5, 0.6) is 5.75 Å². The number of benzene rings is 2. The number of ether oxygens (including phenoxy) is 1. The van der Waals surface area contributed by atoms with Crippen molar-refractivity contribution in [3.05, 3.63) is 89.2 Å². The Morgan fingerprint density at radius 2 is 1.69 bits per heavy atom. The highest BCUT2D eigenvalue weighted by Gasteiger charge is 2.28. The molecule has 0 radical (unpaired) electrons. The van der Waals surface area contributed by atoms with Gasteiger partial charge in [-0.25, -0.2) is 13.2 Å². The number of hydrogen-bond acceptors (Lipinski definition) is 6. The molecule has 0 saturated carbocycles. The van der Waals surface area contributed by atoms with Crippen molar-refractivity contribution >= 4 is 31.5 Å². The Hall–Kier alpha value is -3.23. The number of nitrogens with zero attached hydrogens (tertiary/aromatic N) is 1. The van der Waals surface area contributed by atoms with Crippen LogP contribution in [0, 0.1) is 0 Å². The SMILES string of the molecule is O=C(O)c1cc(OCc2ccccn2)c(C(=O)c2ccccc2)c(S(=O)(=O)Cl)c1. The lowest BCUT2D eigenvalue weighted by atomic mass is 10.0. The number of aromatic nitrogens is 1. The first-order valence-corrected chi connectivity index (χ1v) is 10.6. The van der Waals surface area contributed by atoms with Crippen molar-refractivity contribution < 1.29 is 27.9 Å². The molecule has 3 rings (SSSR count). The molecule has 1 N–H and O–H groups in total. The molecular weight excluding hydrogens is 418 g/mol. The second-order valence-corrected chi connectivity index (χ2v) is 8.43. The molecule has 29 heavy (non-hydrogen) atoms. The monoisotopic (exact) mass is 431 g/mol. The number of aromatic carboxylic acids is 1. The molecule has 0 spiro atoms. The molecule has 0 aliphatic rings. The molecule has 2 aromatic carbocycles. The molecule has 0 bridgehead atoms. The van der Waals surface area contributed by atoms with Crippen molar-refractivity contribution in [2.75, 3.05) is 0 Å². The van der Waals surface area contributed by atoms with Crippen LogP contribution in [0.4, 0.5) is 0 Å². The molecule has 0 unspecified atom stereocenters. The maximum absolute atomic E-state index is 13.1. The Morgan fingerprint density at radius 3 is 2.28 bits per heavy atom. The summed E-state index contributed by atoms with van der Waals surface area (Å²) >= 11 is 0. The van der Waals surface area contributed by atoms with Gasteiger partial charge < -0.3 is 9.84 Å². The van der Waals surface area contributed by atoms with Gasteiger partial charge >= 0.3 is 5.97 Å². The minimum absolute atomic E-state index is 0.110. The van der Waals surface area contributed by atoms with Crippen molar-refractivity contribution in [1.29, 1.82) is 0 Å². The number of rotatable bonds is 7. The number of carboxylic acids is 1. The minimum atomic E-state index is -4.46. The highest BCUT2D eigenvalue weighted by atomic mass is 35.7. The lowest BCUT2D eigenvalue weighted by molar-refractivity contribution is 0.0695. The van der Waals surface area contributed by atoms with Crippen LogP contribution in [0.25, 0.3) is 0 Å². The second kappa shape index (κ2) is 8.42. The number of carbonyl (C=O) groups is 2. The van der Waals surface area contributed by atoms with Crippen molar-refractivity contribution in [2.24, 2.45) is 0 Å². The molecule has 0 saturated heterocycles. The van der Waals surface area contributed by atoms with E-state index in [0.717, 1.165) is 12.1 Å². The summed E-state index contributed by atoms with van der Waals surface area (Å²) in [5.41, 5.74) is -0.0292. The number of halogens is 1. The van der Waals surface area contributed by atoms with Gasteiger partial charge in [-0.1, -0.05) is 36.4 Å². The molecule has 0 atom stereocenters. The van der Waals surface area contributed by atoms with Gasteiger partial charge in [-0.15, -0.1) is 0 Å². The third-order valence-electron chi connectivity index (χ3n) is 3.94. The van der Waals surface area contributed by atoms with Crippen LogP contribution in [-0.2, 0) is 15.7 Å². The van der Waals surface area contributed by atoms with Gasteiger partial charge in [0.15, 0.2) is 5.78 Å². The quantitative estimate of drug-likeness (QED) is 0.450. The largest absolute Gasteiger partial charge is 0.486 e. The zero-order valence-electron chi connectivity index (χ0n) is 14.8. The average molecular weight is 432 g/mol. The molecule has 9 heteroatoms. The summed E-state index contributed by atoms with van der Waals surface area (Å²) in [5.74, 6) is -2.28. The van der Waals surface area contributed by atoms with Crippen LogP contribution < -0.4 is 4.74 Å². The summed E-state index contributed by atoms with van der Waals surface area (Å²) in [7, 11) is 1.06. The Morgan fingerprint density at radius 1 is 1.00 bits per heavy atom. The zero-order chi connectivity index (χ0) is 21.0. The maximum atomic E-state index is 13.1. The van der Waals surface area contributed by atoms with Gasteiger partial charge in [0, 0.05) is 22.4 Å². The van der Waals surface area contributed by atoms with Crippen LogP contribution in [0.3, 0.4) is 0 Å². The lowest BCUT2D eigenvalue weighted by Gasteiger charge is -2.15. The Bertz CT molecular complexity index is 1160. The van der Waals surface area contributed by atoms with Gasteiger partial charge in [-0.05, 0) is 24.3 Å². The van der Waals surface area contributed by atoms with Crippen molar-refractivity contribution in [3.8, 4) is 5.75 Å². The van der Waals surface area contributed by atoms with Crippen LogP contribution in [0.15, 0.2) is 71.8 Å². The van der Waals surface area contributed by atoms with Crippen molar-refractivity contribution in [2.45, 2.75) is 11.5 Å². The zero-order valence-corrected chi connectivity index (χ0v) is 16.4. The average Bonchev–Trinajstić information content (AvgIpc) is 2.71. The van der Waals surface area contributed by atoms with Gasteiger partial charge in [-0.2, -0.15) is 0 Å². The molecule has 0 aliphatic carbocycles. The van der Waals surface area contributed by atoms with E-state index < -0.39 is 25.7 Å². The molecule has 3 aromatic rings. The number of pyridine rings is 1. The standard InChI is InChI=1S/C20H14ClNO6S/c21-29(26,27)17-11-14(20(24)25)10-16(28-12-15-8-4-5-9-22-15)18(17)19(23)13-6-2-1-3-7-13/h1-11H,12H2,(H,24,25). The fourth-order valence-corrected chi connectivity index (χ4v) is 3.68. The summed E-state index contributed by atoms with van der Waals surface area (Å²) in [5, 5.41) is 9.34. The first-order chi connectivity index (χ1) is 13.8. The number of carbonyl (C=O) groups excluding carboxylic acids is 1. The molecule has 0 fully saturated rings. The normalized spacial score (nSPS) is 11.1. The van der Waals surface area contributed by atoms with E-state index in [4.69, 9.17) is 15.4 Å². The van der Waals surface area contributed by atoms with E-state index in [2.05, 4.69) is 4.98 Å². The highest BCUT2D eigenvalue weighted by Crippen LogP contribution is 2.33. The third-order valence-corrected chi connectivity index (χ3v) is 5.29. The summed E-state index contributed by atoms with van der Waals surface area (Å²) in [6.45, 7) is -0.110. The van der Waals surface area contributed by atoms with Crippen molar-refractivity contribution in [3.63, 3.8) is 0 Å². The summed E-state index contributed by atoms with van der Waals surface area (Å²) in [6.07, 6.45) is 1.54. The van der Waals surface area contributed by atoms with Gasteiger partial charge in [-0.3, -0.25) is 9.78 Å². The van der Waals surface area contributed by atoms with E-state index in [0.29, 0.717) is 5.69 Å². The molecule has 148 valence electrons. The molecule has 1 aromatic heterocycles.